The fraction of sp³-hybridized carbons (Fsp3) is 0.450. The van der Waals surface area contributed by atoms with Gasteiger partial charge in [0.25, 0.3) is 0 Å². The Hall–Kier alpha value is -2.43. The number of hydrogen-bond donors (Lipinski definition) is 1. The zero-order chi connectivity index (χ0) is 17.8. The van der Waals surface area contributed by atoms with Gasteiger partial charge < -0.3 is 10.1 Å². The molecular formula is C20H25N3O2. The van der Waals surface area contributed by atoms with Gasteiger partial charge in [-0.2, -0.15) is 5.10 Å². The molecule has 0 spiro atoms. The van der Waals surface area contributed by atoms with Crippen LogP contribution in [0.2, 0.25) is 0 Å². The number of benzene rings is 1. The Morgan fingerprint density at radius 1 is 1.08 bits per heavy atom. The largest absolute Gasteiger partial charge is 0.446 e. The molecule has 1 aliphatic carbocycles. The molecule has 0 saturated carbocycles. The van der Waals surface area contributed by atoms with E-state index in [1.165, 1.54) is 16.7 Å². The molecule has 1 aromatic heterocycles. The van der Waals surface area contributed by atoms with Crippen molar-refractivity contribution in [2.45, 2.75) is 52.1 Å². The lowest BCUT2D eigenvalue weighted by Crippen LogP contribution is -2.27. The van der Waals surface area contributed by atoms with Crippen LogP contribution < -0.4 is 5.32 Å². The van der Waals surface area contributed by atoms with Crippen molar-refractivity contribution in [1.29, 1.82) is 0 Å². The van der Waals surface area contributed by atoms with Gasteiger partial charge in [-0.05, 0) is 57.1 Å². The van der Waals surface area contributed by atoms with Crippen molar-refractivity contribution in [3.63, 3.8) is 0 Å². The molecule has 0 fully saturated rings. The lowest BCUT2D eigenvalue weighted by molar-refractivity contribution is 0.0872. The Morgan fingerprint density at radius 3 is 2.56 bits per heavy atom. The number of fused-ring (bicyclic) bond motifs is 1. The number of alkyl carbamates (subject to hydrolysis) is 1. The van der Waals surface area contributed by atoms with Gasteiger partial charge in [0, 0.05) is 12.6 Å². The molecule has 3 rings (SSSR count). The van der Waals surface area contributed by atoms with E-state index >= 15 is 0 Å². The molecule has 132 valence electrons. The number of carbonyl (C=O) groups is 1. The third-order valence-electron chi connectivity index (χ3n) is 4.86. The van der Waals surface area contributed by atoms with Gasteiger partial charge >= 0.3 is 6.09 Å². The van der Waals surface area contributed by atoms with Crippen LogP contribution in [-0.4, -0.2) is 29.4 Å². The number of hydrogen-bond acceptors (Lipinski definition) is 4. The van der Waals surface area contributed by atoms with E-state index in [1.54, 1.807) is 7.05 Å². The number of nitrogens with one attached hydrogen (secondary N) is 1. The zero-order valence-electron chi connectivity index (χ0n) is 15.1. The number of carbonyl (C=O) groups excluding carboxylic acids is 1. The van der Waals surface area contributed by atoms with Crippen LogP contribution in [0, 0.1) is 13.8 Å². The maximum Gasteiger partial charge on any atom is 0.407 e. The van der Waals surface area contributed by atoms with Gasteiger partial charge in [0.05, 0.1) is 11.4 Å². The SMILES string of the molecule is CNC(=O)O[C@H]1CCCc2c(-c3ccc(C)cc3)nnc(C)c2CC1. The summed E-state index contributed by atoms with van der Waals surface area (Å²) in [5, 5.41) is 11.4. The van der Waals surface area contributed by atoms with Crippen molar-refractivity contribution in [3.05, 3.63) is 46.6 Å². The summed E-state index contributed by atoms with van der Waals surface area (Å²) in [6.07, 6.45) is 4.07. The van der Waals surface area contributed by atoms with Gasteiger partial charge in [-0.25, -0.2) is 4.79 Å². The summed E-state index contributed by atoms with van der Waals surface area (Å²) in [6.45, 7) is 4.10. The monoisotopic (exact) mass is 339 g/mol. The number of amides is 1. The normalized spacial score (nSPS) is 17.2. The van der Waals surface area contributed by atoms with Crippen molar-refractivity contribution >= 4 is 6.09 Å². The first-order chi connectivity index (χ1) is 12.1. The molecule has 1 aromatic carbocycles. The lowest BCUT2D eigenvalue weighted by Gasteiger charge is -2.23. The Morgan fingerprint density at radius 2 is 1.84 bits per heavy atom. The van der Waals surface area contributed by atoms with Crippen molar-refractivity contribution in [3.8, 4) is 11.3 Å². The summed E-state index contributed by atoms with van der Waals surface area (Å²) in [5.41, 5.74) is 6.89. The Bertz CT molecular complexity index is 756. The minimum Gasteiger partial charge on any atom is -0.446 e. The highest BCUT2D eigenvalue weighted by molar-refractivity contribution is 5.67. The predicted molar refractivity (Wildman–Crippen MR) is 97.5 cm³/mol. The van der Waals surface area contributed by atoms with Crippen LogP contribution in [0.4, 0.5) is 4.79 Å². The molecule has 1 aliphatic rings. The van der Waals surface area contributed by atoms with Crippen molar-refractivity contribution in [2.24, 2.45) is 0 Å². The minimum absolute atomic E-state index is 0.0384. The average Bonchev–Trinajstić information content (AvgIpc) is 2.59. The summed E-state index contributed by atoms with van der Waals surface area (Å²) in [6, 6.07) is 8.45. The molecule has 2 aromatic rings. The van der Waals surface area contributed by atoms with E-state index in [0.29, 0.717) is 0 Å². The predicted octanol–water partition coefficient (Wildman–Crippen LogP) is 3.75. The zero-order valence-corrected chi connectivity index (χ0v) is 15.1. The van der Waals surface area contributed by atoms with Crippen LogP contribution in [0.3, 0.4) is 0 Å². The molecule has 0 radical (unpaired) electrons. The number of aryl methyl sites for hydroxylation is 2. The highest BCUT2D eigenvalue weighted by atomic mass is 16.6. The Labute approximate surface area is 148 Å². The summed E-state index contributed by atoms with van der Waals surface area (Å²) in [5.74, 6) is 0. The third kappa shape index (κ3) is 3.98. The standard InChI is InChI=1S/C20H25N3O2/c1-13-7-9-15(10-8-13)19-18-6-4-5-16(25-20(24)21-3)11-12-17(18)14(2)22-23-19/h7-10,16H,4-6,11-12H2,1-3H3,(H,21,24)/t16-/m0/s1. The summed E-state index contributed by atoms with van der Waals surface area (Å²) in [7, 11) is 1.59. The van der Waals surface area contributed by atoms with E-state index in [4.69, 9.17) is 4.74 Å². The molecule has 1 atom stereocenters. The Balaban J connectivity index is 1.90. The molecule has 25 heavy (non-hydrogen) atoms. The second-order valence-corrected chi connectivity index (χ2v) is 6.67. The quantitative estimate of drug-likeness (QED) is 0.905. The second kappa shape index (κ2) is 7.64. The number of aromatic nitrogens is 2. The first-order valence-corrected chi connectivity index (χ1v) is 8.89. The number of rotatable bonds is 2. The number of nitrogens with zero attached hydrogens (tertiary/aromatic N) is 2. The smallest absolute Gasteiger partial charge is 0.407 e. The van der Waals surface area contributed by atoms with Crippen LogP contribution in [0.1, 0.15) is 41.6 Å². The van der Waals surface area contributed by atoms with Crippen LogP contribution in [-0.2, 0) is 17.6 Å². The van der Waals surface area contributed by atoms with Crippen molar-refractivity contribution < 1.29 is 9.53 Å². The van der Waals surface area contributed by atoms with Gasteiger partial charge in [0.1, 0.15) is 6.10 Å². The van der Waals surface area contributed by atoms with E-state index in [1.807, 2.05) is 6.92 Å². The highest BCUT2D eigenvalue weighted by Gasteiger charge is 2.22. The molecule has 0 unspecified atom stereocenters. The molecular weight excluding hydrogens is 314 g/mol. The van der Waals surface area contributed by atoms with Crippen molar-refractivity contribution in [2.75, 3.05) is 7.05 Å². The van der Waals surface area contributed by atoms with E-state index < -0.39 is 0 Å². The van der Waals surface area contributed by atoms with Gasteiger partial charge in [-0.1, -0.05) is 29.8 Å². The minimum atomic E-state index is -0.351. The van der Waals surface area contributed by atoms with Gasteiger partial charge in [-0.15, -0.1) is 5.10 Å². The van der Waals surface area contributed by atoms with Crippen molar-refractivity contribution in [1.82, 2.24) is 15.5 Å². The van der Waals surface area contributed by atoms with Crippen LogP contribution in [0.15, 0.2) is 24.3 Å². The first-order valence-electron chi connectivity index (χ1n) is 8.89. The fourth-order valence-corrected chi connectivity index (χ4v) is 3.44. The summed E-state index contributed by atoms with van der Waals surface area (Å²) in [4.78, 5) is 11.5. The van der Waals surface area contributed by atoms with E-state index in [9.17, 15) is 4.79 Å². The molecule has 0 saturated heterocycles. The topological polar surface area (TPSA) is 64.1 Å². The summed E-state index contributed by atoms with van der Waals surface area (Å²) < 4.78 is 5.47. The molecule has 0 bridgehead atoms. The van der Waals surface area contributed by atoms with Gasteiger partial charge in [-0.3, -0.25) is 0 Å². The molecule has 1 N–H and O–H groups in total. The number of ether oxygens (including phenoxy) is 1. The van der Waals surface area contributed by atoms with E-state index in [0.717, 1.165) is 49.1 Å². The Kier molecular flexibility index (Phi) is 5.31. The maximum atomic E-state index is 11.5. The maximum absolute atomic E-state index is 11.5. The molecule has 5 heteroatoms. The van der Waals surface area contributed by atoms with E-state index in [-0.39, 0.29) is 12.2 Å². The first kappa shape index (κ1) is 17.4. The fourth-order valence-electron chi connectivity index (χ4n) is 3.44. The second-order valence-electron chi connectivity index (χ2n) is 6.67. The summed E-state index contributed by atoms with van der Waals surface area (Å²) >= 11 is 0. The van der Waals surface area contributed by atoms with Gasteiger partial charge in [0.2, 0.25) is 0 Å². The molecule has 1 amide bonds. The molecule has 1 heterocycles. The highest BCUT2D eigenvalue weighted by Crippen LogP contribution is 2.30. The molecule has 5 nitrogen and oxygen atoms in total. The lowest BCUT2D eigenvalue weighted by atomic mass is 9.89. The van der Waals surface area contributed by atoms with Gasteiger partial charge in [0.15, 0.2) is 0 Å². The average molecular weight is 339 g/mol. The van der Waals surface area contributed by atoms with Crippen LogP contribution in [0.5, 0.6) is 0 Å². The van der Waals surface area contributed by atoms with E-state index in [2.05, 4.69) is 46.7 Å². The van der Waals surface area contributed by atoms with Crippen LogP contribution >= 0.6 is 0 Å². The third-order valence-corrected chi connectivity index (χ3v) is 4.86. The molecule has 0 aliphatic heterocycles. The van der Waals surface area contributed by atoms with Crippen LogP contribution in [0.25, 0.3) is 11.3 Å².